The average molecular weight is 469 g/mol. The number of amides is 1. The van der Waals surface area contributed by atoms with Gasteiger partial charge in [-0.15, -0.1) is 11.3 Å². The van der Waals surface area contributed by atoms with Crippen molar-refractivity contribution >= 4 is 45.8 Å². The summed E-state index contributed by atoms with van der Waals surface area (Å²) in [5, 5.41) is 4.02. The number of rotatable bonds is 6. The van der Waals surface area contributed by atoms with Crippen molar-refractivity contribution in [2.75, 3.05) is 31.7 Å². The van der Waals surface area contributed by atoms with E-state index in [0.717, 1.165) is 34.1 Å². The average Bonchev–Trinajstić information content (AvgIpc) is 3.48. The number of thioether (sulfide) groups is 1. The molecule has 4 heterocycles. The van der Waals surface area contributed by atoms with Gasteiger partial charge in [0.25, 0.3) is 5.91 Å². The van der Waals surface area contributed by atoms with Crippen LogP contribution in [0.1, 0.15) is 20.8 Å². The molecule has 166 valence electrons. The van der Waals surface area contributed by atoms with E-state index in [1.165, 1.54) is 4.88 Å². The molecule has 0 saturated carbocycles. The first-order chi connectivity index (χ1) is 15.5. The van der Waals surface area contributed by atoms with Crippen LogP contribution in [0.2, 0.25) is 0 Å². The molecule has 7 nitrogen and oxygen atoms in total. The number of nitrogens with zero attached hydrogens (tertiary/aromatic N) is 3. The molecule has 5 rings (SSSR count). The number of likely N-dealkylation sites (N-methyl/N-ethyl adjacent to an activating group) is 1. The lowest BCUT2D eigenvalue weighted by Crippen LogP contribution is -2.23. The first-order valence-corrected chi connectivity index (χ1v) is 12.4. The van der Waals surface area contributed by atoms with Crippen molar-refractivity contribution in [2.24, 2.45) is 0 Å². The minimum absolute atomic E-state index is 0.122. The molecular formula is C23H24N4O3S2. The van der Waals surface area contributed by atoms with Crippen LogP contribution in [-0.2, 0) is 18.7 Å². The van der Waals surface area contributed by atoms with Crippen molar-refractivity contribution in [3.05, 3.63) is 69.3 Å². The van der Waals surface area contributed by atoms with Crippen molar-refractivity contribution in [3.8, 4) is 5.00 Å². The van der Waals surface area contributed by atoms with Gasteiger partial charge in [-0.25, -0.2) is 4.79 Å². The zero-order chi connectivity index (χ0) is 22.2. The summed E-state index contributed by atoms with van der Waals surface area (Å²) in [4.78, 5) is 29.1. The fourth-order valence-corrected chi connectivity index (χ4v) is 6.39. The molecule has 1 aliphatic rings. The normalized spacial score (nSPS) is 13.6. The Morgan fingerprint density at radius 2 is 2.06 bits per heavy atom. The van der Waals surface area contributed by atoms with E-state index in [9.17, 15) is 9.59 Å². The molecule has 0 atom stereocenters. The molecule has 1 aromatic carbocycles. The standard InChI is InChI=1S/C23H24N4O3S2/c1-25(2)10-11-27-17-13-15(5-6-18(17)30-23(27)29)24-21(28)20-16-7-12-31-14-19(16)32-22(20)26-8-3-4-9-26/h3-6,8-9,13H,7,10-12,14H2,1-2H3,(H,24,28). The van der Waals surface area contributed by atoms with Crippen molar-refractivity contribution < 1.29 is 9.21 Å². The minimum Gasteiger partial charge on any atom is -0.408 e. The second kappa shape index (κ2) is 8.65. The highest BCUT2D eigenvalue weighted by Crippen LogP contribution is 2.38. The van der Waals surface area contributed by atoms with Crippen LogP contribution in [0.4, 0.5) is 5.69 Å². The van der Waals surface area contributed by atoms with Crippen molar-refractivity contribution in [3.63, 3.8) is 0 Å². The fourth-order valence-electron chi connectivity index (χ4n) is 3.95. The molecule has 0 saturated heterocycles. The summed E-state index contributed by atoms with van der Waals surface area (Å²) in [5.41, 5.74) is 3.75. The van der Waals surface area contributed by atoms with Gasteiger partial charge >= 0.3 is 5.76 Å². The molecule has 1 amide bonds. The Morgan fingerprint density at radius 1 is 1.25 bits per heavy atom. The molecule has 0 fully saturated rings. The number of thiophene rings is 1. The molecule has 0 radical (unpaired) electrons. The van der Waals surface area contributed by atoms with Crippen molar-refractivity contribution in [1.29, 1.82) is 0 Å². The molecule has 0 spiro atoms. The highest BCUT2D eigenvalue weighted by atomic mass is 32.2. The Morgan fingerprint density at radius 3 is 2.84 bits per heavy atom. The third kappa shape index (κ3) is 3.92. The van der Waals surface area contributed by atoms with Gasteiger partial charge in [0.15, 0.2) is 5.58 Å². The summed E-state index contributed by atoms with van der Waals surface area (Å²) >= 11 is 3.60. The van der Waals surface area contributed by atoms with Gasteiger partial charge in [0, 0.05) is 41.8 Å². The SMILES string of the molecule is CN(C)CCn1c(=O)oc2ccc(NC(=O)c3c(-n4cccc4)sc4c3CCSC4)cc21. The first kappa shape index (κ1) is 21.1. The second-order valence-electron chi connectivity index (χ2n) is 8.04. The fraction of sp³-hybridized carbons (Fsp3) is 0.304. The Bertz CT molecular complexity index is 1330. The van der Waals surface area contributed by atoms with Gasteiger partial charge in [0.05, 0.1) is 11.1 Å². The number of nitrogens with one attached hydrogen (secondary N) is 1. The zero-order valence-corrected chi connectivity index (χ0v) is 19.6. The zero-order valence-electron chi connectivity index (χ0n) is 18.0. The predicted octanol–water partition coefficient (Wildman–Crippen LogP) is 4.05. The molecule has 32 heavy (non-hydrogen) atoms. The van der Waals surface area contributed by atoms with Gasteiger partial charge in [-0.2, -0.15) is 11.8 Å². The van der Waals surface area contributed by atoms with E-state index in [0.29, 0.717) is 29.9 Å². The molecule has 0 aliphatic carbocycles. The maximum absolute atomic E-state index is 13.5. The number of benzene rings is 1. The van der Waals surface area contributed by atoms with E-state index < -0.39 is 0 Å². The molecule has 1 aliphatic heterocycles. The number of hydrogen-bond acceptors (Lipinski definition) is 6. The van der Waals surface area contributed by atoms with Crippen molar-refractivity contribution in [2.45, 2.75) is 18.7 Å². The number of oxazole rings is 1. The maximum atomic E-state index is 13.5. The molecule has 1 N–H and O–H groups in total. The van der Waals surface area contributed by atoms with Crippen LogP contribution < -0.4 is 11.1 Å². The van der Waals surface area contributed by atoms with Crippen LogP contribution in [0, 0.1) is 0 Å². The monoisotopic (exact) mass is 468 g/mol. The van der Waals surface area contributed by atoms with E-state index in [1.807, 2.05) is 65.9 Å². The summed E-state index contributed by atoms with van der Waals surface area (Å²) in [7, 11) is 3.92. The van der Waals surface area contributed by atoms with Crippen LogP contribution >= 0.6 is 23.1 Å². The number of fused-ring (bicyclic) bond motifs is 2. The Balaban J connectivity index is 1.50. The number of hydrogen-bond donors (Lipinski definition) is 1. The lowest BCUT2D eigenvalue weighted by molar-refractivity contribution is 0.102. The van der Waals surface area contributed by atoms with Gasteiger partial charge in [-0.3, -0.25) is 9.36 Å². The first-order valence-electron chi connectivity index (χ1n) is 10.5. The quantitative estimate of drug-likeness (QED) is 0.462. The third-order valence-electron chi connectivity index (χ3n) is 5.56. The van der Waals surface area contributed by atoms with Crippen LogP contribution in [0.25, 0.3) is 16.1 Å². The predicted molar refractivity (Wildman–Crippen MR) is 130 cm³/mol. The number of carbonyl (C=O) groups is 1. The van der Waals surface area contributed by atoms with E-state index in [2.05, 4.69) is 5.32 Å². The lowest BCUT2D eigenvalue weighted by atomic mass is 10.1. The molecule has 3 aromatic heterocycles. The number of anilines is 1. The van der Waals surface area contributed by atoms with Gasteiger partial charge < -0.3 is 19.2 Å². The van der Waals surface area contributed by atoms with E-state index in [4.69, 9.17) is 4.42 Å². The second-order valence-corrected chi connectivity index (χ2v) is 10.2. The largest absolute Gasteiger partial charge is 0.419 e. The van der Waals surface area contributed by atoms with Gasteiger partial charge in [-0.1, -0.05) is 0 Å². The van der Waals surface area contributed by atoms with Crippen LogP contribution in [0.5, 0.6) is 0 Å². The lowest BCUT2D eigenvalue weighted by Gasteiger charge is -2.13. The molecule has 4 aromatic rings. The molecule has 9 heteroatoms. The summed E-state index contributed by atoms with van der Waals surface area (Å²) in [6.45, 7) is 1.23. The van der Waals surface area contributed by atoms with Crippen molar-refractivity contribution in [1.82, 2.24) is 14.0 Å². The van der Waals surface area contributed by atoms with Gasteiger partial charge in [0.1, 0.15) is 5.00 Å². The highest BCUT2D eigenvalue weighted by Gasteiger charge is 2.26. The highest BCUT2D eigenvalue weighted by molar-refractivity contribution is 7.98. The number of aromatic nitrogens is 2. The summed E-state index contributed by atoms with van der Waals surface area (Å²) < 4.78 is 9.00. The van der Waals surface area contributed by atoms with Gasteiger partial charge in [-0.05, 0) is 62.2 Å². The summed E-state index contributed by atoms with van der Waals surface area (Å²) in [6, 6.07) is 9.27. The van der Waals surface area contributed by atoms with Gasteiger partial charge in [0.2, 0.25) is 0 Å². The van der Waals surface area contributed by atoms with E-state index >= 15 is 0 Å². The Labute approximate surface area is 193 Å². The summed E-state index contributed by atoms with van der Waals surface area (Å²) in [5.74, 6) is 1.46. The van der Waals surface area contributed by atoms with E-state index in [-0.39, 0.29) is 11.7 Å². The van der Waals surface area contributed by atoms with Crippen LogP contribution in [0.15, 0.2) is 51.9 Å². The van der Waals surface area contributed by atoms with Crippen LogP contribution in [-0.4, -0.2) is 46.3 Å². The minimum atomic E-state index is -0.385. The molecular weight excluding hydrogens is 444 g/mol. The Kier molecular flexibility index (Phi) is 5.71. The topological polar surface area (TPSA) is 72.4 Å². The van der Waals surface area contributed by atoms with Crippen LogP contribution in [0.3, 0.4) is 0 Å². The smallest absolute Gasteiger partial charge is 0.408 e. The molecule has 0 unspecified atom stereocenters. The maximum Gasteiger partial charge on any atom is 0.419 e. The molecule has 0 bridgehead atoms. The Hall–Kier alpha value is -2.75. The summed E-state index contributed by atoms with van der Waals surface area (Å²) in [6.07, 6.45) is 4.84. The van der Waals surface area contributed by atoms with E-state index in [1.54, 1.807) is 28.0 Å². The number of carbonyl (C=O) groups excluding carboxylic acids is 1. The third-order valence-corrected chi connectivity index (χ3v) is 7.98.